The lowest BCUT2D eigenvalue weighted by Crippen LogP contribution is -2.19. The van der Waals surface area contributed by atoms with Gasteiger partial charge in [-0.2, -0.15) is 13.2 Å². The molecule has 1 rings (SSSR count). The topological polar surface area (TPSA) is 26.3 Å². The maximum atomic E-state index is 12.5. The first-order valence-corrected chi connectivity index (χ1v) is 7.61. The quantitative estimate of drug-likeness (QED) is 0.661. The molecule has 1 unspecified atom stereocenters. The number of esters is 1. The monoisotopic (exact) mass is 316 g/mol. The summed E-state index contributed by atoms with van der Waals surface area (Å²) in [7, 11) is 0. The molecule has 0 aromatic heterocycles. The van der Waals surface area contributed by atoms with Crippen molar-refractivity contribution in [3.63, 3.8) is 0 Å². The molecule has 0 saturated heterocycles. The second kappa shape index (κ2) is 8.20. The maximum absolute atomic E-state index is 12.5. The highest BCUT2D eigenvalue weighted by molar-refractivity contribution is 5.69. The predicted octanol–water partition coefficient (Wildman–Crippen LogP) is 5.01. The van der Waals surface area contributed by atoms with E-state index in [2.05, 4.69) is 0 Å². The molecule has 0 aliphatic carbocycles. The van der Waals surface area contributed by atoms with Crippen LogP contribution in [-0.2, 0) is 22.1 Å². The Labute approximate surface area is 129 Å². The zero-order chi connectivity index (χ0) is 16.8. The first-order chi connectivity index (χ1) is 10.3. The third kappa shape index (κ3) is 6.08. The van der Waals surface area contributed by atoms with E-state index in [1.807, 2.05) is 13.8 Å². The standard InChI is InChI=1S/C17H23F3O2/c1-4-13(10-12(3)22-16(21)5-2)11-14-6-8-15(9-7-14)17(18,19)20/h6-9,12-13H,4-5,10-11H2,1-3H3/t12?,13-/m0/s1. The Morgan fingerprint density at radius 1 is 1.18 bits per heavy atom. The van der Waals surface area contributed by atoms with Crippen molar-refractivity contribution in [2.45, 2.75) is 58.7 Å². The summed E-state index contributed by atoms with van der Waals surface area (Å²) in [6.45, 7) is 5.63. The number of carbonyl (C=O) groups is 1. The van der Waals surface area contributed by atoms with Crippen LogP contribution >= 0.6 is 0 Å². The fourth-order valence-corrected chi connectivity index (χ4v) is 2.38. The first-order valence-electron chi connectivity index (χ1n) is 7.61. The highest BCUT2D eigenvalue weighted by Gasteiger charge is 2.30. The summed E-state index contributed by atoms with van der Waals surface area (Å²) in [5.41, 5.74) is 0.239. The van der Waals surface area contributed by atoms with E-state index in [0.29, 0.717) is 19.3 Å². The summed E-state index contributed by atoms with van der Waals surface area (Å²) in [5.74, 6) is 0.0493. The highest BCUT2D eigenvalue weighted by Crippen LogP contribution is 2.29. The minimum Gasteiger partial charge on any atom is -0.463 e. The van der Waals surface area contributed by atoms with Crippen LogP contribution in [0.1, 0.15) is 51.2 Å². The molecular formula is C17H23F3O2. The Kier molecular flexibility index (Phi) is 6.91. The van der Waals surface area contributed by atoms with Crippen LogP contribution in [-0.4, -0.2) is 12.1 Å². The van der Waals surface area contributed by atoms with E-state index in [4.69, 9.17) is 4.74 Å². The van der Waals surface area contributed by atoms with Crippen LogP contribution in [0.2, 0.25) is 0 Å². The third-order valence-electron chi connectivity index (χ3n) is 3.67. The largest absolute Gasteiger partial charge is 0.463 e. The number of hydrogen-bond acceptors (Lipinski definition) is 2. The van der Waals surface area contributed by atoms with Gasteiger partial charge in [0.2, 0.25) is 0 Å². The molecule has 2 nitrogen and oxygen atoms in total. The molecular weight excluding hydrogens is 293 g/mol. The Balaban J connectivity index is 2.60. The van der Waals surface area contributed by atoms with Gasteiger partial charge in [-0.3, -0.25) is 4.79 Å². The van der Waals surface area contributed by atoms with Crippen molar-refractivity contribution < 1.29 is 22.7 Å². The highest BCUT2D eigenvalue weighted by atomic mass is 19.4. The van der Waals surface area contributed by atoms with Crippen molar-refractivity contribution in [3.05, 3.63) is 35.4 Å². The van der Waals surface area contributed by atoms with Gasteiger partial charge in [0.25, 0.3) is 0 Å². The van der Waals surface area contributed by atoms with E-state index >= 15 is 0 Å². The lowest BCUT2D eigenvalue weighted by atomic mass is 9.91. The van der Waals surface area contributed by atoms with Crippen molar-refractivity contribution in [3.8, 4) is 0 Å². The summed E-state index contributed by atoms with van der Waals surface area (Å²) in [6.07, 6.45) is -1.85. The molecule has 0 saturated carbocycles. The van der Waals surface area contributed by atoms with Gasteiger partial charge in [-0.15, -0.1) is 0 Å². The Bertz CT molecular complexity index is 466. The molecule has 0 aliphatic heterocycles. The number of ether oxygens (including phenoxy) is 1. The summed E-state index contributed by atoms with van der Waals surface area (Å²) >= 11 is 0. The third-order valence-corrected chi connectivity index (χ3v) is 3.67. The normalized spacial score (nSPS) is 14.5. The van der Waals surface area contributed by atoms with Gasteiger partial charge in [0.15, 0.2) is 0 Å². The van der Waals surface area contributed by atoms with Gasteiger partial charge < -0.3 is 4.74 Å². The molecule has 1 aromatic rings. The van der Waals surface area contributed by atoms with Gasteiger partial charge >= 0.3 is 12.1 Å². The van der Waals surface area contributed by atoms with E-state index in [1.54, 1.807) is 6.92 Å². The minimum atomic E-state index is -4.30. The second-order valence-corrected chi connectivity index (χ2v) is 5.56. The summed E-state index contributed by atoms with van der Waals surface area (Å²) in [6, 6.07) is 5.27. The molecule has 0 bridgehead atoms. The number of hydrogen-bond donors (Lipinski definition) is 0. The fourth-order valence-electron chi connectivity index (χ4n) is 2.38. The van der Waals surface area contributed by atoms with Crippen LogP contribution < -0.4 is 0 Å². The molecule has 5 heteroatoms. The van der Waals surface area contributed by atoms with Gasteiger partial charge in [-0.05, 0) is 43.4 Å². The Hall–Kier alpha value is -1.52. The number of rotatable bonds is 7. The molecule has 22 heavy (non-hydrogen) atoms. The van der Waals surface area contributed by atoms with Crippen LogP contribution in [0.4, 0.5) is 13.2 Å². The van der Waals surface area contributed by atoms with E-state index in [9.17, 15) is 18.0 Å². The van der Waals surface area contributed by atoms with Crippen molar-refractivity contribution in [2.75, 3.05) is 0 Å². The van der Waals surface area contributed by atoms with Crippen LogP contribution in [0.3, 0.4) is 0 Å². The molecule has 124 valence electrons. The number of alkyl halides is 3. The average molecular weight is 316 g/mol. The lowest BCUT2D eigenvalue weighted by Gasteiger charge is -2.20. The summed E-state index contributed by atoms with van der Waals surface area (Å²) in [4.78, 5) is 11.3. The van der Waals surface area contributed by atoms with Gasteiger partial charge in [0, 0.05) is 6.42 Å². The number of benzene rings is 1. The number of halogens is 3. The summed E-state index contributed by atoms with van der Waals surface area (Å²) < 4.78 is 42.8. The van der Waals surface area contributed by atoms with Crippen molar-refractivity contribution in [2.24, 2.45) is 5.92 Å². The van der Waals surface area contributed by atoms with Gasteiger partial charge in [0.1, 0.15) is 0 Å². The van der Waals surface area contributed by atoms with E-state index in [0.717, 1.165) is 24.1 Å². The van der Waals surface area contributed by atoms with E-state index in [1.165, 1.54) is 12.1 Å². The van der Waals surface area contributed by atoms with Gasteiger partial charge in [-0.1, -0.05) is 32.4 Å². The zero-order valence-corrected chi connectivity index (χ0v) is 13.2. The van der Waals surface area contributed by atoms with Gasteiger partial charge in [-0.25, -0.2) is 0 Å². The van der Waals surface area contributed by atoms with Crippen LogP contribution in [0.25, 0.3) is 0 Å². The molecule has 0 fully saturated rings. The molecule has 1 aromatic carbocycles. The minimum absolute atomic E-state index is 0.174. The zero-order valence-electron chi connectivity index (χ0n) is 13.2. The van der Waals surface area contributed by atoms with Crippen molar-refractivity contribution >= 4 is 5.97 Å². The average Bonchev–Trinajstić information content (AvgIpc) is 2.45. The fraction of sp³-hybridized carbons (Fsp3) is 0.588. The SMILES string of the molecule is CCC(=O)OC(C)C[C@H](CC)Cc1ccc(C(F)(F)F)cc1. The maximum Gasteiger partial charge on any atom is 0.416 e. The summed E-state index contributed by atoms with van der Waals surface area (Å²) in [5, 5.41) is 0. The molecule has 0 heterocycles. The lowest BCUT2D eigenvalue weighted by molar-refractivity contribution is -0.148. The Morgan fingerprint density at radius 2 is 1.77 bits per heavy atom. The van der Waals surface area contributed by atoms with Crippen molar-refractivity contribution in [1.82, 2.24) is 0 Å². The smallest absolute Gasteiger partial charge is 0.416 e. The molecule has 0 radical (unpaired) electrons. The molecule has 0 N–H and O–H groups in total. The predicted molar refractivity (Wildman–Crippen MR) is 79.4 cm³/mol. The van der Waals surface area contributed by atoms with Crippen LogP contribution in [0.15, 0.2) is 24.3 Å². The number of carbonyl (C=O) groups excluding carboxylic acids is 1. The molecule has 2 atom stereocenters. The Morgan fingerprint density at radius 3 is 2.23 bits per heavy atom. The molecule has 0 amide bonds. The molecule has 0 spiro atoms. The van der Waals surface area contributed by atoms with E-state index < -0.39 is 11.7 Å². The van der Waals surface area contributed by atoms with E-state index in [-0.39, 0.29) is 18.0 Å². The van der Waals surface area contributed by atoms with Crippen LogP contribution in [0, 0.1) is 5.92 Å². The second-order valence-electron chi connectivity index (χ2n) is 5.56. The molecule has 0 aliphatic rings. The van der Waals surface area contributed by atoms with Crippen molar-refractivity contribution in [1.29, 1.82) is 0 Å². The first kappa shape index (κ1) is 18.5. The van der Waals surface area contributed by atoms with Crippen LogP contribution in [0.5, 0.6) is 0 Å². The van der Waals surface area contributed by atoms with Gasteiger partial charge in [0.05, 0.1) is 11.7 Å².